The fraction of sp³-hybridized carbons (Fsp3) is 0.600. The molecule has 0 saturated carbocycles. The van der Waals surface area contributed by atoms with Gasteiger partial charge in [0.25, 0.3) is 0 Å². The van der Waals surface area contributed by atoms with Crippen molar-refractivity contribution in [2.45, 2.75) is 83.7 Å². The van der Waals surface area contributed by atoms with E-state index in [0.717, 1.165) is 19.3 Å². The van der Waals surface area contributed by atoms with E-state index in [1.165, 1.54) is 38.5 Å². The van der Waals surface area contributed by atoms with E-state index in [9.17, 15) is 23.9 Å². The number of ether oxygens (including phenoxy) is 2. The summed E-state index contributed by atoms with van der Waals surface area (Å²) in [6.45, 7) is 0.879. The molecule has 1 atom stereocenters. The van der Waals surface area contributed by atoms with Crippen LogP contribution in [-0.4, -0.2) is 31.3 Å². The molecule has 0 fully saturated rings. The first-order chi connectivity index (χ1) is 16.3. The van der Waals surface area contributed by atoms with Crippen molar-refractivity contribution in [2.75, 3.05) is 13.2 Å². The van der Waals surface area contributed by atoms with Gasteiger partial charge in [0.05, 0.1) is 14.4 Å². The van der Waals surface area contributed by atoms with Crippen molar-refractivity contribution < 1.29 is 106 Å². The van der Waals surface area contributed by atoms with Crippen LogP contribution in [0.1, 0.15) is 86.1 Å². The van der Waals surface area contributed by atoms with Crippen LogP contribution in [0.2, 0.25) is 0 Å². The molecule has 0 saturated heterocycles. The van der Waals surface area contributed by atoms with Crippen molar-refractivity contribution in [2.24, 2.45) is 0 Å². The molecule has 0 heterocycles. The molecule has 8 nitrogen and oxygen atoms in total. The fourth-order valence-electron chi connectivity index (χ4n) is 2.71. The topological polar surface area (TPSA) is 125 Å². The normalized spacial score (nSPS) is 9.89. The van der Waals surface area contributed by atoms with Gasteiger partial charge >= 0.3 is 71.1 Å². The predicted octanol–water partition coefficient (Wildman–Crippen LogP) is -2.16. The Balaban J connectivity index is -0.000000151. The van der Waals surface area contributed by atoms with E-state index in [-0.39, 0.29) is 87.6 Å². The van der Waals surface area contributed by atoms with Crippen LogP contribution < -0.4 is 68.9 Å². The zero-order valence-corrected chi connectivity index (χ0v) is 28.0. The third kappa shape index (κ3) is 33.6. The Kier molecular flexibility index (Phi) is 35.6. The largest absolute Gasteiger partial charge is 1.00 e. The maximum absolute atomic E-state index is 12.0. The molecule has 0 unspecified atom stereocenters. The van der Waals surface area contributed by atoms with Crippen molar-refractivity contribution in [3.63, 3.8) is 0 Å². The molecule has 0 bridgehead atoms. The first-order valence-corrected chi connectivity index (χ1v) is 12.7. The number of carbonyl (C=O) groups excluding carboxylic acids is 2. The summed E-state index contributed by atoms with van der Waals surface area (Å²) in [6.07, 6.45) is 14.8. The van der Waals surface area contributed by atoms with Gasteiger partial charge in [0.15, 0.2) is 6.10 Å². The van der Waals surface area contributed by atoms with Crippen LogP contribution >= 0.6 is 21.3 Å². The minimum atomic E-state index is -5.29. The fourth-order valence-corrected chi connectivity index (χ4v) is 3.06. The SMILES string of the molecule is C#CC#CC#CC#CC(=O)OC[C@@H](COP(=O)([O-])[O-])OC(=O)CCCCCCCCCCCC.S.[HH].[HH].[HH].[HH].[HH].[HH].[Na+].[Na+]. The van der Waals surface area contributed by atoms with Crippen LogP contribution in [0.4, 0.5) is 0 Å². The maximum Gasteiger partial charge on any atom is 1.00 e. The zero-order valence-electron chi connectivity index (χ0n) is 22.1. The van der Waals surface area contributed by atoms with Crippen LogP contribution in [0.5, 0.6) is 0 Å². The molecule has 0 aromatic carbocycles. The summed E-state index contributed by atoms with van der Waals surface area (Å²) in [5.74, 6) is 13.8. The number of hydrogen-bond donors (Lipinski definition) is 0. The minimum absolute atomic E-state index is 0. The van der Waals surface area contributed by atoms with Crippen LogP contribution in [0.15, 0.2) is 0 Å². The second-order valence-corrected chi connectivity index (χ2v) is 8.43. The number of carbonyl (C=O) groups is 2. The Morgan fingerprint density at radius 3 is 1.92 bits per heavy atom. The summed E-state index contributed by atoms with van der Waals surface area (Å²) in [5.41, 5.74) is 0. The monoisotopic (exact) mass is 582 g/mol. The standard InChI is InChI=1S/C25H33O8P.2Na.H2S.6H2/c1-3-5-7-9-11-12-13-14-16-18-20-25(27)33-23(22-32-34(28,29)30)21-31-24(26)19-17-15-10-8-6-4-2;;;;;;;;;/h2,23H,3,5,7,9,11-14,16,18,20-22H2,1H3,(H2,28,29,30);;;1H2;6*1H/q;2*+1;;;;;;;/p-2/t23-;;;;;;;;;/m0........./s1. The number of hydrogen-bond acceptors (Lipinski definition) is 8. The van der Waals surface area contributed by atoms with E-state index >= 15 is 0 Å². The van der Waals surface area contributed by atoms with Crippen LogP contribution in [-0.2, 0) is 28.2 Å². The maximum atomic E-state index is 12.0. The summed E-state index contributed by atoms with van der Waals surface area (Å²) in [6, 6.07) is 0. The Hall–Kier alpha value is -0.360. The minimum Gasteiger partial charge on any atom is -0.790 e. The van der Waals surface area contributed by atoms with E-state index < -0.39 is 39.1 Å². The van der Waals surface area contributed by atoms with Crippen LogP contribution in [0, 0.1) is 47.9 Å². The number of rotatable bonds is 17. The van der Waals surface area contributed by atoms with Gasteiger partial charge in [-0.05, 0) is 41.9 Å². The van der Waals surface area contributed by atoms with Crippen LogP contribution in [0.25, 0.3) is 0 Å². The van der Waals surface area contributed by atoms with E-state index in [2.05, 4.69) is 41.0 Å². The number of unbranched alkanes of at least 4 members (excludes halogenated alkanes) is 9. The van der Waals surface area contributed by atoms with Gasteiger partial charge in [-0.3, -0.25) is 4.79 Å². The van der Waals surface area contributed by atoms with E-state index in [4.69, 9.17) is 15.9 Å². The number of phosphoric acid groups is 1. The Bertz CT molecular complexity index is 922. The van der Waals surface area contributed by atoms with Gasteiger partial charge in [-0.1, -0.05) is 64.7 Å². The van der Waals surface area contributed by atoms with Gasteiger partial charge in [0, 0.05) is 20.9 Å². The van der Waals surface area contributed by atoms with Gasteiger partial charge in [-0.25, -0.2) is 4.79 Å². The summed E-state index contributed by atoms with van der Waals surface area (Å²) in [4.78, 5) is 45.1. The van der Waals surface area contributed by atoms with Gasteiger partial charge < -0.3 is 28.3 Å². The number of terminal acetylenes is 1. The molecule has 0 aliphatic rings. The molecule has 0 rings (SSSR count). The Morgan fingerprint density at radius 2 is 1.38 bits per heavy atom. The van der Waals surface area contributed by atoms with E-state index in [1.807, 2.05) is 11.8 Å². The molecular formula is C25H45Na2O8PS. The molecule has 0 aliphatic carbocycles. The van der Waals surface area contributed by atoms with Crippen molar-refractivity contribution >= 4 is 33.3 Å². The Morgan fingerprint density at radius 1 is 0.865 bits per heavy atom. The molecule has 12 heteroatoms. The Labute approximate surface area is 281 Å². The van der Waals surface area contributed by atoms with Crippen molar-refractivity contribution in [3.05, 3.63) is 0 Å². The molecule has 0 aromatic heterocycles. The summed E-state index contributed by atoms with van der Waals surface area (Å²) >= 11 is 0. The predicted molar refractivity (Wildman–Crippen MR) is 146 cm³/mol. The average molecular weight is 583 g/mol. The summed E-state index contributed by atoms with van der Waals surface area (Å²) < 4.78 is 24.8. The first kappa shape index (κ1) is 43.7. The molecule has 0 radical (unpaired) electrons. The average Bonchev–Trinajstić information content (AvgIpc) is 2.78. The first-order valence-electron chi connectivity index (χ1n) is 11.3. The molecule has 0 amide bonds. The van der Waals surface area contributed by atoms with Crippen molar-refractivity contribution in [3.8, 4) is 47.9 Å². The van der Waals surface area contributed by atoms with E-state index in [1.54, 1.807) is 0 Å². The molecule has 206 valence electrons. The molecule has 0 spiro atoms. The second kappa shape index (κ2) is 30.2. The van der Waals surface area contributed by atoms with E-state index in [0.29, 0.717) is 6.42 Å². The summed E-state index contributed by atoms with van der Waals surface area (Å²) in [5, 5.41) is 0. The molecule has 0 aromatic rings. The molecule has 0 N–H and O–H groups in total. The molecule has 0 aliphatic heterocycles. The number of esters is 2. The summed E-state index contributed by atoms with van der Waals surface area (Å²) in [7, 11) is -5.29. The van der Waals surface area contributed by atoms with Crippen molar-refractivity contribution in [1.29, 1.82) is 0 Å². The zero-order chi connectivity index (χ0) is 25.5. The van der Waals surface area contributed by atoms with Gasteiger partial charge in [-0.15, -0.1) is 6.42 Å². The second-order valence-electron chi connectivity index (χ2n) is 7.28. The van der Waals surface area contributed by atoms with Crippen LogP contribution in [0.3, 0.4) is 0 Å². The van der Waals surface area contributed by atoms with Gasteiger partial charge in [0.2, 0.25) is 0 Å². The third-order valence-electron chi connectivity index (χ3n) is 4.34. The number of phosphoric ester groups is 1. The van der Waals surface area contributed by atoms with Gasteiger partial charge in [-0.2, -0.15) is 13.5 Å². The molecular weight excluding hydrogens is 537 g/mol. The van der Waals surface area contributed by atoms with Gasteiger partial charge in [0.1, 0.15) is 6.61 Å². The van der Waals surface area contributed by atoms with Crippen molar-refractivity contribution in [1.82, 2.24) is 0 Å². The molecule has 37 heavy (non-hydrogen) atoms. The third-order valence-corrected chi connectivity index (χ3v) is 4.80. The quantitative estimate of drug-likeness (QED) is 0.0475. The smallest absolute Gasteiger partial charge is 0.790 e.